The average molecular weight is 201 g/mol. The zero-order valence-corrected chi connectivity index (χ0v) is 9.98. The van der Waals surface area contributed by atoms with E-state index >= 15 is 0 Å². The van der Waals surface area contributed by atoms with Crippen molar-refractivity contribution in [2.75, 3.05) is 21.1 Å². The minimum atomic E-state index is 0.326. The Morgan fingerprint density at radius 2 is 1.53 bits per heavy atom. The molecule has 15 heavy (non-hydrogen) atoms. The fraction of sp³-hybridized carbons (Fsp3) is 0.333. The molecule has 1 rings (SSSR count). The highest BCUT2D eigenvalue weighted by Gasteiger charge is 2.31. The van der Waals surface area contributed by atoms with Crippen LogP contribution in [0.25, 0.3) is 0 Å². The molecule has 6 heteroatoms. The number of hydrogen-bond acceptors (Lipinski definition) is 3. The Morgan fingerprint density at radius 1 is 1.07 bits per heavy atom. The summed E-state index contributed by atoms with van der Waals surface area (Å²) in [6.45, 7) is 7.88. The molecule has 0 aromatic carbocycles. The van der Waals surface area contributed by atoms with E-state index in [9.17, 15) is 0 Å². The van der Waals surface area contributed by atoms with Crippen LogP contribution < -0.4 is 0 Å². The van der Waals surface area contributed by atoms with E-state index in [1.807, 2.05) is 12.2 Å². The second kappa shape index (κ2) is 5.40. The number of nitrogens with zero attached hydrogens (tertiary/aromatic N) is 3. The van der Waals surface area contributed by atoms with Crippen LogP contribution in [-0.2, 0) is 0 Å². The summed E-state index contributed by atoms with van der Waals surface area (Å²) in [6.07, 6.45) is 3.68. The van der Waals surface area contributed by atoms with Gasteiger partial charge in [0, 0.05) is 0 Å². The molecular weight excluding hydrogens is 183 g/mol. The second-order valence-electron chi connectivity index (χ2n) is 4.14. The fourth-order valence-electron chi connectivity index (χ4n) is 1.96. The molecule has 0 aromatic heterocycles. The first-order valence-corrected chi connectivity index (χ1v) is 5.14. The molecular formula is C9H18B3N3. The van der Waals surface area contributed by atoms with Crippen molar-refractivity contribution in [1.29, 1.82) is 0 Å². The van der Waals surface area contributed by atoms with Gasteiger partial charge >= 0.3 is 6.98 Å². The van der Waals surface area contributed by atoms with Gasteiger partial charge in [-0.3, -0.25) is 0 Å². The van der Waals surface area contributed by atoms with E-state index in [0.717, 1.165) is 20.7 Å². The van der Waals surface area contributed by atoms with Crippen LogP contribution in [0.3, 0.4) is 0 Å². The number of allylic oxidation sites excluding steroid dienone is 3. The smallest absolute Gasteiger partial charge is 0.317 e. The van der Waals surface area contributed by atoms with E-state index in [1.54, 1.807) is 0 Å². The Hall–Kier alpha value is -0.705. The van der Waals surface area contributed by atoms with Crippen molar-refractivity contribution < 1.29 is 0 Å². The molecule has 0 bridgehead atoms. The van der Waals surface area contributed by atoms with Gasteiger partial charge in [-0.25, -0.2) is 0 Å². The summed E-state index contributed by atoms with van der Waals surface area (Å²) in [4.78, 5) is 0. The maximum absolute atomic E-state index is 3.78. The molecule has 1 saturated heterocycles. The first kappa shape index (κ1) is 12.4. The molecule has 1 fully saturated rings. The largest absolute Gasteiger partial charge is 0.366 e. The normalized spacial score (nSPS) is 19.0. The van der Waals surface area contributed by atoms with Crippen LogP contribution in [0.2, 0.25) is 0 Å². The Bertz CT molecular complexity index is 258. The van der Waals surface area contributed by atoms with Gasteiger partial charge in [0.05, 0.1) is 0 Å². The third kappa shape index (κ3) is 3.13. The van der Waals surface area contributed by atoms with Crippen LogP contribution in [0.4, 0.5) is 0 Å². The third-order valence-corrected chi connectivity index (χ3v) is 2.65. The highest BCUT2D eigenvalue weighted by atomic mass is 15.2. The molecule has 0 aliphatic carbocycles. The first-order chi connectivity index (χ1) is 7.08. The van der Waals surface area contributed by atoms with Crippen LogP contribution in [0, 0.1) is 0 Å². The molecule has 1 heterocycles. The quantitative estimate of drug-likeness (QED) is 0.456. The lowest BCUT2D eigenvalue weighted by atomic mass is 9.58. The van der Waals surface area contributed by atoms with E-state index in [1.165, 1.54) is 0 Å². The molecule has 0 unspecified atom stereocenters. The molecule has 0 amide bonds. The van der Waals surface area contributed by atoms with Crippen molar-refractivity contribution in [2.24, 2.45) is 0 Å². The lowest BCUT2D eigenvalue weighted by molar-refractivity contribution is 0.585. The van der Waals surface area contributed by atoms with Gasteiger partial charge in [0.15, 0.2) is 0 Å². The number of hydrogen-bond donors (Lipinski definition) is 0. The van der Waals surface area contributed by atoms with Gasteiger partial charge in [0.25, 0.3) is 15.1 Å². The van der Waals surface area contributed by atoms with E-state index in [2.05, 4.69) is 54.4 Å². The zero-order valence-electron chi connectivity index (χ0n) is 9.98. The lowest BCUT2D eigenvalue weighted by Gasteiger charge is -2.39. The standard InChI is InChI=1S/C9H18B3N3/c1-6-9(7-2)8-12-14(4)10-13(3)11-15(12)5/h6-8,10-11H,1-2H2,3-5H3. The van der Waals surface area contributed by atoms with Gasteiger partial charge in [0.1, 0.15) is 0 Å². The average Bonchev–Trinajstić information content (AvgIpc) is 2.17. The van der Waals surface area contributed by atoms with Gasteiger partial charge < -0.3 is 14.2 Å². The summed E-state index contributed by atoms with van der Waals surface area (Å²) in [5.41, 5.74) is 1.09. The van der Waals surface area contributed by atoms with E-state index < -0.39 is 0 Å². The van der Waals surface area contributed by atoms with Crippen molar-refractivity contribution in [2.45, 2.75) is 0 Å². The predicted octanol–water partition coefficient (Wildman–Crippen LogP) is -0.346. The van der Waals surface area contributed by atoms with Crippen LogP contribution >= 0.6 is 0 Å². The summed E-state index contributed by atoms with van der Waals surface area (Å²) >= 11 is 0. The summed E-state index contributed by atoms with van der Waals surface area (Å²) < 4.78 is 6.85. The molecule has 0 saturated carbocycles. The SMILES string of the molecule is C=CC(C=C)=CB1N(C)BN(C)BN1C. The molecule has 3 nitrogen and oxygen atoms in total. The molecule has 0 N–H and O–H groups in total. The van der Waals surface area contributed by atoms with E-state index in [0.29, 0.717) is 6.98 Å². The molecule has 0 spiro atoms. The van der Waals surface area contributed by atoms with Crippen molar-refractivity contribution in [3.63, 3.8) is 0 Å². The topological polar surface area (TPSA) is 9.72 Å². The van der Waals surface area contributed by atoms with Crippen molar-refractivity contribution in [3.05, 3.63) is 36.9 Å². The molecule has 0 aromatic rings. The van der Waals surface area contributed by atoms with Crippen LogP contribution in [0.5, 0.6) is 0 Å². The predicted molar refractivity (Wildman–Crippen MR) is 71.8 cm³/mol. The van der Waals surface area contributed by atoms with Crippen molar-refractivity contribution >= 4 is 22.1 Å². The summed E-state index contributed by atoms with van der Waals surface area (Å²) in [7, 11) is 8.32. The van der Waals surface area contributed by atoms with Gasteiger partial charge in [-0.15, -0.1) is 0 Å². The van der Waals surface area contributed by atoms with Crippen molar-refractivity contribution in [1.82, 2.24) is 14.2 Å². The monoisotopic (exact) mass is 201 g/mol. The Balaban J connectivity index is 2.79. The Labute approximate surface area is 94.8 Å². The first-order valence-electron chi connectivity index (χ1n) is 5.14. The van der Waals surface area contributed by atoms with Gasteiger partial charge in [-0.2, -0.15) is 0 Å². The molecule has 0 radical (unpaired) electrons. The van der Waals surface area contributed by atoms with Gasteiger partial charge in [-0.1, -0.05) is 31.3 Å². The summed E-state index contributed by atoms with van der Waals surface area (Å²) in [5.74, 6) is 2.19. The van der Waals surface area contributed by atoms with Crippen molar-refractivity contribution in [3.8, 4) is 0 Å². The second-order valence-corrected chi connectivity index (χ2v) is 4.14. The van der Waals surface area contributed by atoms with E-state index in [-0.39, 0.29) is 0 Å². The molecule has 78 valence electrons. The third-order valence-electron chi connectivity index (χ3n) is 2.65. The summed E-state index contributed by atoms with van der Waals surface area (Å²) in [6, 6.07) is 0. The minimum absolute atomic E-state index is 0.326. The van der Waals surface area contributed by atoms with Crippen LogP contribution in [0.15, 0.2) is 36.9 Å². The van der Waals surface area contributed by atoms with Crippen LogP contribution in [-0.4, -0.2) is 57.4 Å². The fourth-order valence-corrected chi connectivity index (χ4v) is 1.96. The molecule has 1 aliphatic rings. The molecule has 1 aliphatic heterocycles. The van der Waals surface area contributed by atoms with Crippen LogP contribution in [0.1, 0.15) is 0 Å². The zero-order chi connectivity index (χ0) is 11.4. The molecule has 0 atom stereocenters. The van der Waals surface area contributed by atoms with E-state index in [4.69, 9.17) is 0 Å². The van der Waals surface area contributed by atoms with Gasteiger partial charge in [-0.05, 0) is 26.7 Å². The minimum Gasteiger partial charge on any atom is -0.366 e. The summed E-state index contributed by atoms with van der Waals surface area (Å²) in [5, 5.41) is 0. The maximum Gasteiger partial charge on any atom is 0.317 e. The maximum atomic E-state index is 3.78. The lowest BCUT2D eigenvalue weighted by Crippen LogP contribution is -2.63. The highest BCUT2D eigenvalue weighted by Crippen LogP contribution is 2.08. The Kier molecular flexibility index (Phi) is 4.45. The van der Waals surface area contributed by atoms with Gasteiger partial charge in [0.2, 0.25) is 0 Å². The Morgan fingerprint density at radius 3 is 1.93 bits per heavy atom. The number of rotatable bonds is 3. The highest BCUT2D eigenvalue weighted by molar-refractivity contribution is 6.76.